The summed E-state index contributed by atoms with van der Waals surface area (Å²) < 4.78 is 3.00. The molecular formula is C14H17IN2. The van der Waals surface area contributed by atoms with E-state index in [0.717, 1.165) is 10.2 Å². The second-order valence-electron chi connectivity index (χ2n) is 5.28. The average molecular weight is 340 g/mol. The molecule has 90 valence electrons. The highest BCUT2D eigenvalue weighted by atomic mass is 127. The van der Waals surface area contributed by atoms with E-state index >= 15 is 0 Å². The highest BCUT2D eigenvalue weighted by Crippen LogP contribution is 2.22. The van der Waals surface area contributed by atoms with Crippen LogP contribution in [0.15, 0.2) is 36.5 Å². The number of hydrogen-bond donors (Lipinski definition) is 0. The van der Waals surface area contributed by atoms with E-state index in [0.29, 0.717) is 0 Å². The van der Waals surface area contributed by atoms with Crippen molar-refractivity contribution in [2.45, 2.75) is 32.7 Å². The fourth-order valence-corrected chi connectivity index (χ4v) is 2.16. The summed E-state index contributed by atoms with van der Waals surface area (Å²) >= 11 is 2.23. The first-order valence-electron chi connectivity index (χ1n) is 5.73. The van der Waals surface area contributed by atoms with Gasteiger partial charge in [0.1, 0.15) is 3.70 Å². The Morgan fingerprint density at radius 1 is 1.12 bits per heavy atom. The Balaban J connectivity index is 2.13. The molecule has 0 aliphatic rings. The standard InChI is InChI=1S/C14H17IN2/c1-14(2,3)12-6-4-11(5-7-12)10-17-9-8-13(15)16-17/h4-9H,10H2,1-3H3. The molecule has 3 heteroatoms. The van der Waals surface area contributed by atoms with Crippen LogP contribution in [0.3, 0.4) is 0 Å². The molecule has 0 aliphatic carbocycles. The quantitative estimate of drug-likeness (QED) is 0.760. The summed E-state index contributed by atoms with van der Waals surface area (Å²) in [7, 11) is 0. The molecule has 0 radical (unpaired) electrons. The lowest BCUT2D eigenvalue weighted by atomic mass is 9.87. The summed E-state index contributed by atoms with van der Waals surface area (Å²) in [5.41, 5.74) is 2.88. The van der Waals surface area contributed by atoms with Gasteiger partial charge in [0.25, 0.3) is 0 Å². The van der Waals surface area contributed by atoms with E-state index in [-0.39, 0.29) is 5.41 Å². The molecule has 17 heavy (non-hydrogen) atoms. The normalized spacial score (nSPS) is 11.8. The predicted molar refractivity (Wildman–Crippen MR) is 79.2 cm³/mol. The molecule has 2 aromatic rings. The lowest BCUT2D eigenvalue weighted by molar-refractivity contribution is 0.589. The maximum Gasteiger partial charge on any atom is 0.123 e. The Morgan fingerprint density at radius 2 is 1.76 bits per heavy atom. The monoisotopic (exact) mass is 340 g/mol. The van der Waals surface area contributed by atoms with Crippen molar-refractivity contribution in [2.24, 2.45) is 0 Å². The summed E-state index contributed by atoms with van der Waals surface area (Å²) in [5, 5.41) is 4.38. The first-order valence-corrected chi connectivity index (χ1v) is 6.81. The van der Waals surface area contributed by atoms with Crippen LogP contribution in [0.1, 0.15) is 31.9 Å². The van der Waals surface area contributed by atoms with E-state index in [1.807, 2.05) is 16.9 Å². The highest BCUT2D eigenvalue weighted by Gasteiger charge is 2.12. The fourth-order valence-electron chi connectivity index (χ4n) is 1.72. The van der Waals surface area contributed by atoms with Crippen LogP contribution in [0.4, 0.5) is 0 Å². The molecule has 0 aliphatic heterocycles. The zero-order valence-electron chi connectivity index (χ0n) is 10.4. The van der Waals surface area contributed by atoms with Crippen LogP contribution >= 0.6 is 22.6 Å². The maximum absolute atomic E-state index is 4.38. The van der Waals surface area contributed by atoms with E-state index in [1.165, 1.54) is 11.1 Å². The molecule has 1 aromatic heterocycles. The molecule has 2 nitrogen and oxygen atoms in total. The molecule has 0 N–H and O–H groups in total. The van der Waals surface area contributed by atoms with Crippen LogP contribution < -0.4 is 0 Å². The van der Waals surface area contributed by atoms with Gasteiger partial charge in [-0.05, 0) is 45.2 Å². The Morgan fingerprint density at radius 3 is 2.24 bits per heavy atom. The third-order valence-corrected chi connectivity index (χ3v) is 3.35. The molecule has 0 atom stereocenters. The molecule has 0 saturated heterocycles. The topological polar surface area (TPSA) is 17.8 Å². The second kappa shape index (κ2) is 4.80. The van der Waals surface area contributed by atoms with Crippen molar-refractivity contribution in [1.29, 1.82) is 0 Å². The van der Waals surface area contributed by atoms with Crippen molar-refractivity contribution in [2.75, 3.05) is 0 Å². The van der Waals surface area contributed by atoms with Crippen molar-refractivity contribution in [1.82, 2.24) is 9.78 Å². The molecule has 0 spiro atoms. The summed E-state index contributed by atoms with van der Waals surface area (Å²) in [6, 6.07) is 10.8. The lowest BCUT2D eigenvalue weighted by Gasteiger charge is -2.19. The Hall–Kier alpha value is -0.840. The van der Waals surface area contributed by atoms with E-state index < -0.39 is 0 Å². The number of aromatic nitrogens is 2. The molecule has 1 aromatic carbocycles. The van der Waals surface area contributed by atoms with Crippen LogP contribution in [0.2, 0.25) is 0 Å². The number of hydrogen-bond acceptors (Lipinski definition) is 1. The third-order valence-electron chi connectivity index (χ3n) is 2.77. The number of rotatable bonds is 2. The molecular weight excluding hydrogens is 323 g/mol. The second-order valence-corrected chi connectivity index (χ2v) is 6.39. The SMILES string of the molecule is CC(C)(C)c1ccc(Cn2ccc(I)n2)cc1. The van der Waals surface area contributed by atoms with Gasteiger partial charge in [-0.15, -0.1) is 0 Å². The molecule has 0 fully saturated rings. The minimum absolute atomic E-state index is 0.222. The number of nitrogens with zero attached hydrogens (tertiary/aromatic N) is 2. The van der Waals surface area contributed by atoms with Gasteiger partial charge in [0, 0.05) is 6.20 Å². The van der Waals surface area contributed by atoms with Gasteiger partial charge in [-0.25, -0.2) is 0 Å². The van der Waals surface area contributed by atoms with Crippen molar-refractivity contribution >= 4 is 22.6 Å². The minimum Gasteiger partial charge on any atom is -0.267 e. The van der Waals surface area contributed by atoms with Gasteiger partial charge in [-0.1, -0.05) is 45.0 Å². The Labute approximate surface area is 116 Å². The van der Waals surface area contributed by atoms with E-state index in [4.69, 9.17) is 0 Å². The van der Waals surface area contributed by atoms with Crippen LogP contribution in [0.5, 0.6) is 0 Å². The van der Waals surface area contributed by atoms with Gasteiger partial charge in [0.2, 0.25) is 0 Å². The molecule has 0 unspecified atom stereocenters. The van der Waals surface area contributed by atoms with E-state index in [2.05, 4.69) is 72.7 Å². The van der Waals surface area contributed by atoms with Crippen molar-refractivity contribution in [3.8, 4) is 0 Å². The Bertz CT molecular complexity index is 492. The van der Waals surface area contributed by atoms with Gasteiger partial charge in [0.15, 0.2) is 0 Å². The largest absolute Gasteiger partial charge is 0.267 e. The summed E-state index contributed by atoms with van der Waals surface area (Å²) in [5.74, 6) is 0. The first kappa shape index (κ1) is 12.6. The molecule has 0 bridgehead atoms. The minimum atomic E-state index is 0.222. The van der Waals surface area contributed by atoms with Gasteiger partial charge in [-0.2, -0.15) is 5.10 Å². The molecule has 0 saturated carbocycles. The number of halogens is 1. The summed E-state index contributed by atoms with van der Waals surface area (Å²) in [6.45, 7) is 7.54. The van der Waals surface area contributed by atoms with Gasteiger partial charge >= 0.3 is 0 Å². The van der Waals surface area contributed by atoms with Crippen LogP contribution in [0.25, 0.3) is 0 Å². The van der Waals surface area contributed by atoms with Crippen molar-refractivity contribution in [3.05, 3.63) is 51.4 Å². The zero-order valence-corrected chi connectivity index (χ0v) is 12.6. The van der Waals surface area contributed by atoms with Crippen molar-refractivity contribution in [3.63, 3.8) is 0 Å². The third kappa shape index (κ3) is 3.31. The fraction of sp³-hybridized carbons (Fsp3) is 0.357. The summed E-state index contributed by atoms with van der Waals surface area (Å²) in [4.78, 5) is 0. The Kier molecular flexibility index (Phi) is 3.56. The average Bonchev–Trinajstić information content (AvgIpc) is 2.63. The van der Waals surface area contributed by atoms with Crippen LogP contribution in [-0.4, -0.2) is 9.78 Å². The lowest BCUT2D eigenvalue weighted by Crippen LogP contribution is -2.11. The van der Waals surface area contributed by atoms with E-state index in [1.54, 1.807) is 0 Å². The highest BCUT2D eigenvalue weighted by molar-refractivity contribution is 14.1. The first-order chi connectivity index (χ1) is 7.95. The summed E-state index contributed by atoms with van der Waals surface area (Å²) in [6.07, 6.45) is 2.01. The van der Waals surface area contributed by atoms with E-state index in [9.17, 15) is 0 Å². The van der Waals surface area contributed by atoms with Crippen LogP contribution in [-0.2, 0) is 12.0 Å². The zero-order chi connectivity index (χ0) is 12.5. The van der Waals surface area contributed by atoms with Crippen LogP contribution in [0, 0.1) is 3.70 Å². The maximum atomic E-state index is 4.38. The van der Waals surface area contributed by atoms with Gasteiger partial charge in [0.05, 0.1) is 6.54 Å². The van der Waals surface area contributed by atoms with Gasteiger partial charge in [-0.3, -0.25) is 4.68 Å². The predicted octanol–water partition coefficient (Wildman–Crippen LogP) is 3.83. The molecule has 0 amide bonds. The van der Waals surface area contributed by atoms with Crippen molar-refractivity contribution < 1.29 is 0 Å². The molecule has 2 rings (SSSR count). The van der Waals surface area contributed by atoms with Gasteiger partial charge < -0.3 is 0 Å². The smallest absolute Gasteiger partial charge is 0.123 e. The number of benzene rings is 1. The molecule has 1 heterocycles.